The van der Waals surface area contributed by atoms with Gasteiger partial charge in [-0.1, -0.05) is 6.92 Å². The van der Waals surface area contributed by atoms with Crippen LogP contribution in [0.5, 0.6) is 0 Å². The molecule has 1 rings (SSSR count). The van der Waals surface area contributed by atoms with Gasteiger partial charge < -0.3 is 19.9 Å². The molecule has 5 nitrogen and oxygen atoms in total. The van der Waals surface area contributed by atoms with Crippen molar-refractivity contribution in [3.63, 3.8) is 0 Å². The lowest BCUT2D eigenvalue weighted by Gasteiger charge is -2.38. The highest BCUT2D eigenvalue weighted by Crippen LogP contribution is 2.25. The molecule has 0 aliphatic carbocycles. The molecule has 1 aliphatic rings. The van der Waals surface area contributed by atoms with Crippen LogP contribution in [-0.2, 0) is 19.0 Å². The lowest BCUT2D eigenvalue weighted by atomic mass is 9.96. The fourth-order valence-corrected chi connectivity index (χ4v) is 1.96. The van der Waals surface area contributed by atoms with E-state index in [-0.39, 0.29) is 5.97 Å². The third-order valence-corrected chi connectivity index (χ3v) is 2.97. The second-order valence-electron chi connectivity index (χ2n) is 4.31. The monoisotopic (exact) mass is 245 g/mol. The van der Waals surface area contributed by atoms with Crippen LogP contribution in [0.15, 0.2) is 0 Å². The Labute approximate surface area is 103 Å². The van der Waals surface area contributed by atoms with Crippen LogP contribution in [0.1, 0.15) is 33.1 Å². The molecular formula is C12H23NO4. The molecule has 1 saturated heterocycles. The summed E-state index contributed by atoms with van der Waals surface area (Å²) in [6, 6.07) is 0. The van der Waals surface area contributed by atoms with E-state index in [2.05, 4.69) is 0 Å². The number of carbonyl (C=O) groups excluding carboxylic acids is 1. The first-order valence-corrected chi connectivity index (χ1v) is 6.29. The SMILES string of the molecule is CCOC(=O)C(CC)OC1(CN)CCCOC1. The molecule has 2 unspecified atom stereocenters. The van der Waals surface area contributed by atoms with Crippen molar-refractivity contribution in [2.24, 2.45) is 5.73 Å². The topological polar surface area (TPSA) is 70.8 Å². The predicted molar refractivity (Wildman–Crippen MR) is 63.6 cm³/mol. The molecule has 17 heavy (non-hydrogen) atoms. The van der Waals surface area contributed by atoms with Crippen molar-refractivity contribution in [2.45, 2.75) is 44.8 Å². The van der Waals surface area contributed by atoms with E-state index < -0.39 is 11.7 Å². The fourth-order valence-electron chi connectivity index (χ4n) is 1.96. The smallest absolute Gasteiger partial charge is 0.335 e. The Kier molecular flexibility index (Phi) is 5.88. The first-order valence-electron chi connectivity index (χ1n) is 6.29. The number of rotatable bonds is 6. The molecule has 1 aliphatic heterocycles. The van der Waals surface area contributed by atoms with E-state index in [0.29, 0.717) is 26.2 Å². The van der Waals surface area contributed by atoms with Crippen LogP contribution in [0.2, 0.25) is 0 Å². The van der Waals surface area contributed by atoms with E-state index in [4.69, 9.17) is 19.9 Å². The highest BCUT2D eigenvalue weighted by atomic mass is 16.6. The van der Waals surface area contributed by atoms with E-state index in [1.807, 2.05) is 6.92 Å². The zero-order valence-electron chi connectivity index (χ0n) is 10.7. The van der Waals surface area contributed by atoms with Gasteiger partial charge in [0.25, 0.3) is 0 Å². The number of carbonyl (C=O) groups is 1. The van der Waals surface area contributed by atoms with Gasteiger partial charge in [0.2, 0.25) is 0 Å². The summed E-state index contributed by atoms with van der Waals surface area (Å²) in [5.74, 6) is -0.312. The van der Waals surface area contributed by atoms with E-state index >= 15 is 0 Å². The van der Waals surface area contributed by atoms with Crippen LogP contribution in [0.25, 0.3) is 0 Å². The first kappa shape index (κ1) is 14.4. The molecule has 0 bridgehead atoms. The van der Waals surface area contributed by atoms with Crippen molar-refractivity contribution in [3.8, 4) is 0 Å². The summed E-state index contributed by atoms with van der Waals surface area (Å²) in [7, 11) is 0. The van der Waals surface area contributed by atoms with Crippen molar-refractivity contribution in [2.75, 3.05) is 26.4 Å². The molecule has 100 valence electrons. The van der Waals surface area contributed by atoms with Crippen LogP contribution < -0.4 is 5.73 Å². The van der Waals surface area contributed by atoms with Crippen LogP contribution in [0.4, 0.5) is 0 Å². The maximum atomic E-state index is 11.7. The van der Waals surface area contributed by atoms with Crippen LogP contribution in [0.3, 0.4) is 0 Å². The Morgan fingerprint density at radius 3 is 2.76 bits per heavy atom. The molecule has 0 amide bonds. The summed E-state index contributed by atoms with van der Waals surface area (Å²) < 4.78 is 16.3. The standard InChI is InChI=1S/C12H23NO4/c1-3-10(11(14)16-4-2)17-12(8-13)6-5-7-15-9-12/h10H,3-9,13H2,1-2H3. The average Bonchev–Trinajstić information content (AvgIpc) is 2.37. The van der Waals surface area contributed by atoms with E-state index in [1.54, 1.807) is 6.92 Å². The van der Waals surface area contributed by atoms with E-state index in [0.717, 1.165) is 19.4 Å². The highest BCUT2D eigenvalue weighted by Gasteiger charge is 2.37. The molecule has 0 aromatic heterocycles. The average molecular weight is 245 g/mol. The summed E-state index contributed by atoms with van der Waals surface area (Å²) in [5.41, 5.74) is 5.24. The number of hydrogen-bond acceptors (Lipinski definition) is 5. The maximum absolute atomic E-state index is 11.7. The second kappa shape index (κ2) is 6.93. The fraction of sp³-hybridized carbons (Fsp3) is 0.917. The molecular weight excluding hydrogens is 222 g/mol. The zero-order valence-corrected chi connectivity index (χ0v) is 10.7. The normalized spacial score (nSPS) is 26.5. The number of nitrogens with two attached hydrogens (primary N) is 1. The van der Waals surface area contributed by atoms with Crippen molar-refractivity contribution >= 4 is 5.97 Å². The van der Waals surface area contributed by atoms with Gasteiger partial charge >= 0.3 is 5.97 Å². The van der Waals surface area contributed by atoms with Gasteiger partial charge in [0.05, 0.1) is 13.2 Å². The van der Waals surface area contributed by atoms with Gasteiger partial charge in [0, 0.05) is 13.2 Å². The van der Waals surface area contributed by atoms with Crippen LogP contribution >= 0.6 is 0 Å². The second-order valence-corrected chi connectivity index (χ2v) is 4.31. The Balaban J connectivity index is 2.60. The van der Waals surface area contributed by atoms with Gasteiger partial charge in [-0.25, -0.2) is 4.79 Å². The van der Waals surface area contributed by atoms with Crippen molar-refractivity contribution in [1.29, 1.82) is 0 Å². The lowest BCUT2D eigenvalue weighted by molar-refractivity contribution is -0.185. The van der Waals surface area contributed by atoms with Gasteiger partial charge in [-0.15, -0.1) is 0 Å². The predicted octanol–water partition coefficient (Wildman–Crippen LogP) is 0.853. The molecule has 2 atom stereocenters. The molecule has 0 radical (unpaired) electrons. The van der Waals surface area contributed by atoms with E-state index in [1.165, 1.54) is 0 Å². The molecule has 0 aromatic carbocycles. The zero-order chi connectivity index (χ0) is 12.7. The molecule has 5 heteroatoms. The van der Waals surface area contributed by atoms with Crippen LogP contribution in [0, 0.1) is 0 Å². The van der Waals surface area contributed by atoms with Crippen molar-refractivity contribution in [1.82, 2.24) is 0 Å². The first-order chi connectivity index (χ1) is 8.17. The third kappa shape index (κ3) is 3.94. The summed E-state index contributed by atoms with van der Waals surface area (Å²) in [6.45, 7) is 5.61. The molecule has 0 spiro atoms. The van der Waals surface area contributed by atoms with Gasteiger partial charge in [-0.3, -0.25) is 0 Å². The number of esters is 1. The Bertz CT molecular complexity index is 239. The summed E-state index contributed by atoms with van der Waals surface area (Å²) >= 11 is 0. The summed E-state index contributed by atoms with van der Waals surface area (Å²) in [4.78, 5) is 11.7. The quantitative estimate of drug-likeness (QED) is 0.702. The van der Waals surface area contributed by atoms with Crippen molar-refractivity contribution in [3.05, 3.63) is 0 Å². The van der Waals surface area contributed by atoms with Crippen LogP contribution in [-0.4, -0.2) is 44.0 Å². The van der Waals surface area contributed by atoms with Gasteiger partial charge in [-0.2, -0.15) is 0 Å². The van der Waals surface area contributed by atoms with Gasteiger partial charge in [0.1, 0.15) is 5.60 Å². The summed E-state index contributed by atoms with van der Waals surface area (Å²) in [5, 5.41) is 0. The molecule has 0 saturated carbocycles. The third-order valence-electron chi connectivity index (χ3n) is 2.97. The largest absolute Gasteiger partial charge is 0.464 e. The minimum Gasteiger partial charge on any atom is -0.464 e. The Morgan fingerprint density at radius 1 is 1.53 bits per heavy atom. The molecule has 1 fully saturated rings. The Morgan fingerprint density at radius 2 is 2.29 bits per heavy atom. The van der Waals surface area contributed by atoms with E-state index in [9.17, 15) is 4.79 Å². The van der Waals surface area contributed by atoms with Crippen molar-refractivity contribution < 1.29 is 19.0 Å². The van der Waals surface area contributed by atoms with Gasteiger partial charge in [0.15, 0.2) is 6.10 Å². The molecule has 0 aromatic rings. The minimum absolute atomic E-state index is 0.312. The molecule has 2 N–H and O–H groups in total. The molecule has 1 heterocycles. The number of ether oxygens (including phenoxy) is 3. The highest BCUT2D eigenvalue weighted by molar-refractivity contribution is 5.74. The Hall–Kier alpha value is -0.650. The lowest BCUT2D eigenvalue weighted by Crippen LogP contribution is -2.51. The number of hydrogen-bond donors (Lipinski definition) is 1. The maximum Gasteiger partial charge on any atom is 0.335 e. The summed E-state index contributed by atoms with van der Waals surface area (Å²) in [6.07, 6.45) is 1.79. The van der Waals surface area contributed by atoms with Gasteiger partial charge in [-0.05, 0) is 26.2 Å². The minimum atomic E-state index is -0.541.